The largest absolute Gasteiger partial charge is 0.494 e. The van der Waals surface area contributed by atoms with Gasteiger partial charge in [-0.05, 0) is 45.4 Å². The van der Waals surface area contributed by atoms with Gasteiger partial charge in [-0.15, -0.1) is 0 Å². The molecule has 2 heterocycles. The van der Waals surface area contributed by atoms with Gasteiger partial charge in [0.05, 0.1) is 41.2 Å². The van der Waals surface area contributed by atoms with E-state index in [1.165, 1.54) is 14.2 Å². The minimum atomic E-state index is -0.834. The minimum Gasteiger partial charge on any atom is -0.494 e. The maximum Gasteiger partial charge on any atom is 0.346 e. The van der Waals surface area contributed by atoms with Gasteiger partial charge in [0.25, 0.3) is 0 Å². The number of rotatable bonds is 6. The van der Waals surface area contributed by atoms with Crippen LogP contribution < -0.4 is 9.64 Å². The molecule has 0 fully saturated rings. The van der Waals surface area contributed by atoms with E-state index in [0.29, 0.717) is 44.7 Å². The number of anilines is 1. The highest BCUT2D eigenvalue weighted by atomic mass is 32.2. The van der Waals surface area contributed by atoms with Crippen LogP contribution in [0.4, 0.5) is 5.69 Å². The van der Waals surface area contributed by atoms with Gasteiger partial charge in [0, 0.05) is 17.1 Å². The molecule has 188 valence electrons. The van der Waals surface area contributed by atoms with Crippen molar-refractivity contribution in [2.24, 2.45) is 5.92 Å². The molecule has 3 rings (SSSR count). The van der Waals surface area contributed by atoms with Gasteiger partial charge >= 0.3 is 11.9 Å². The third-order valence-corrected chi connectivity index (χ3v) is 9.19. The number of amides is 1. The van der Waals surface area contributed by atoms with Crippen molar-refractivity contribution in [3.05, 3.63) is 37.8 Å². The van der Waals surface area contributed by atoms with Crippen LogP contribution in [-0.2, 0) is 23.9 Å². The molecule has 2 aliphatic rings. The molecule has 35 heavy (non-hydrogen) atoms. The molecule has 0 aromatic heterocycles. The van der Waals surface area contributed by atoms with Gasteiger partial charge < -0.3 is 19.1 Å². The highest BCUT2D eigenvalue weighted by Crippen LogP contribution is 2.56. The van der Waals surface area contributed by atoms with Crippen LogP contribution in [0, 0.1) is 5.92 Å². The summed E-state index contributed by atoms with van der Waals surface area (Å²) in [7, 11) is 2.52. The summed E-state index contributed by atoms with van der Waals surface area (Å²) in [6.07, 6.45) is 0.694. The van der Waals surface area contributed by atoms with Crippen molar-refractivity contribution in [2.75, 3.05) is 25.7 Å². The molecule has 0 spiro atoms. The van der Waals surface area contributed by atoms with Gasteiger partial charge in [0.2, 0.25) is 5.91 Å². The number of carbonyl (C=O) groups is 3. The summed E-state index contributed by atoms with van der Waals surface area (Å²) >= 11 is 8.25. The number of carbonyl (C=O) groups excluding carboxylic acids is 3. The normalized spacial score (nSPS) is 17.8. The van der Waals surface area contributed by atoms with E-state index in [-0.39, 0.29) is 21.6 Å². The minimum absolute atomic E-state index is 0.0235. The first-order chi connectivity index (χ1) is 16.5. The number of nitrogens with zero attached hydrogens (tertiary/aromatic N) is 1. The van der Waals surface area contributed by atoms with Gasteiger partial charge in [-0.2, -0.15) is 0 Å². The van der Waals surface area contributed by atoms with Crippen molar-refractivity contribution < 1.29 is 28.6 Å². The van der Waals surface area contributed by atoms with Crippen molar-refractivity contribution in [3.63, 3.8) is 0 Å². The van der Waals surface area contributed by atoms with Crippen LogP contribution >= 0.6 is 35.7 Å². The summed E-state index contributed by atoms with van der Waals surface area (Å²) in [6.45, 7) is 10.1. The molecule has 7 nitrogen and oxygen atoms in total. The van der Waals surface area contributed by atoms with Gasteiger partial charge in [-0.3, -0.25) is 4.79 Å². The summed E-state index contributed by atoms with van der Waals surface area (Å²) in [5, 5.41) is 0. The van der Waals surface area contributed by atoms with Crippen LogP contribution in [-0.4, -0.2) is 49.1 Å². The number of fused-ring (bicyclic) bond motifs is 1. The smallest absolute Gasteiger partial charge is 0.346 e. The van der Waals surface area contributed by atoms with Crippen molar-refractivity contribution in [2.45, 2.75) is 46.6 Å². The van der Waals surface area contributed by atoms with E-state index in [9.17, 15) is 14.4 Å². The molecule has 0 N–H and O–H groups in total. The molecule has 2 aliphatic heterocycles. The quantitative estimate of drug-likeness (QED) is 0.273. The summed E-state index contributed by atoms with van der Waals surface area (Å²) in [4.78, 5) is 41.0. The second-order valence-corrected chi connectivity index (χ2v) is 11.2. The maximum atomic E-state index is 13.5. The number of hydrogen-bond donors (Lipinski definition) is 0. The number of ether oxygens (including phenoxy) is 3. The zero-order chi connectivity index (χ0) is 26.1. The predicted octanol–water partition coefficient (Wildman–Crippen LogP) is 5.33. The lowest BCUT2D eigenvalue weighted by Gasteiger charge is -2.46. The lowest BCUT2D eigenvalue weighted by atomic mass is 9.82. The molecule has 0 bridgehead atoms. The lowest BCUT2D eigenvalue weighted by Crippen LogP contribution is -2.57. The molecule has 0 aliphatic carbocycles. The van der Waals surface area contributed by atoms with Gasteiger partial charge in [-0.25, -0.2) is 9.59 Å². The van der Waals surface area contributed by atoms with E-state index < -0.39 is 17.5 Å². The molecule has 1 atom stereocenters. The summed E-state index contributed by atoms with van der Waals surface area (Å²) < 4.78 is 16.2. The Balaban J connectivity index is 2.28. The topological polar surface area (TPSA) is 82.1 Å². The van der Waals surface area contributed by atoms with E-state index in [2.05, 4.69) is 0 Å². The molecule has 0 saturated carbocycles. The van der Waals surface area contributed by atoms with Gasteiger partial charge in [0.15, 0.2) is 0 Å². The Morgan fingerprint density at radius 2 is 1.63 bits per heavy atom. The Labute approximate surface area is 219 Å². The Morgan fingerprint density at radius 3 is 2.11 bits per heavy atom. The van der Waals surface area contributed by atoms with Crippen LogP contribution in [0.15, 0.2) is 32.2 Å². The van der Waals surface area contributed by atoms with Crippen molar-refractivity contribution >= 4 is 69.7 Å². The molecule has 1 aromatic rings. The highest BCUT2D eigenvalue weighted by Gasteiger charge is 2.46. The number of thioether (sulfide) groups is 2. The first-order valence-electron chi connectivity index (χ1n) is 11.2. The standard InChI is InChI=1S/C25H29NO6S3/c1-8-13(3)21(27)26-16-11-10-14(32-9-2)12-15(16)17(20(33)25(26,4)5)24-34-18(22(28)30-6)19(35-24)23(29)31-7/h10-13H,8-9H2,1-7H3. The van der Waals surface area contributed by atoms with Crippen molar-refractivity contribution in [3.8, 4) is 5.75 Å². The molecular formula is C25H29NO6S3. The second kappa shape index (κ2) is 10.8. The Hall–Kier alpha value is -2.30. The van der Waals surface area contributed by atoms with Crippen molar-refractivity contribution in [1.82, 2.24) is 0 Å². The summed E-state index contributed by atoms with van der Waals surface area (Å²) in [5.74, 6) is -0.845. The average molecular weight is 536 g/mol. The number of thiocarbonyl (C=S) groups is 1. The second-order valence-electron chi connectivity index (χ2n) is 8.49. The van der Waals surface area contributed by atoms with Crippen LogP contribution in [0.25, 0.3) is 5.57 Å². The van der Waals surface area contributed by atoms with E-state index >= 15 is 0 Å². The Bertz CT molecular complexity index is 1120. The first-order valence-corrected chi connectivity index (χ1v) is 13.2. The molecular weight excluding hydrogens is 506 g/mol. The third-order valence-electron chi connectivity index (χ3n) is 5.93. The summed E-state index contributed by atoms with van der Waals surface area (Å²) in [6, 6.07) is 5.55. The Morgan fingerprint density at radius 1 is 1.06 bits per heavy atom. The van der Waals surface area contributed by atoms with Crippen LogP contribution in [0.1, 0.15) is 46.6 Å². The monoisotopic (exact) mass is 535 g/mol. The van der Waals surface area contributed by atoms with Crippen LogP contribution in [0.3, 0.4) is 0 Å². The van der Waals surface area contributed by atoms with Crippen molar-refractivity contribution in [1.29, 1.82) is 0 Å². The molecule has 1 unspecified atom stereocenters. The fraction of sp³-hybridized carbons (Fsp3) is 0.440. The van der Waals surface area contributed by atoms with E-state index in [1.54, 1.807) is 4.90 Å². The van der Waals surface area contributed by atoms with Crippen LogP contribution in [0.5, 0.6) is 5.75 Å². The molecule has 0 radical (unpaired) electrons. The molecule has 10 heteroatoms. The molecule has 1 aromatic carbocycles. The highest BCUT2D eigenvalue weighted by molar-refractivity contribution is 8.29. The summed E-state index contributed by atoms with van der Waals surface area (Å²) in [5.41, 5.74) is 1.26. The third kappa shape index (κ3) is 4.88. The predicted molar refractivity (Wildman–Crippen MR) is 144 cm³/mol. The molecule has 1 amide bonds. The number of esters is 2. The zero-order valence-electron chi connectivity index (χ0n) is 20.8. The number of hydrogen-bond acceptors (Lipinski definition) is 9. The first kappa shape index (κ1) is 27.3. The van der Waals surface area contributed by atoms with E-state index in [4.69, 9.17) is 26.4 Å². The Kier molecular flexibility index (Phi) is 8.39. The fourth-order valence-corrected chi connectivity index (χ4v) is 6.88. The zero-order valence-corrected chi connectivity index (χ0v) is 23.3. The number of benzene rings is 1. The van der Waals surface area contributed by atoms with Gasteiger partial charge in [-0.1, -0.05) is 49.6 Å². The van der Waals surface area contributed by atoms with E-state index in [0.717, 1.165) is 23.5 Å². The maximum absolute atomic E-state index is 13.5. The van der Waals surface area contributed by atoms with Gasteiger partial charge in [0.1, 0.15) is 15.6 Å². The van der Waals surface area contributed by atoms with Crippen LogP contribution in [0.2, 0.25) is 0 Å². The lowest BCUT2D eigenvalue weighted by molar-refractivity contribution is -0.138. The SMILES string of the molecule is CCOc1ccc2c(c1)C(=C1SC(C(=O)OC)=C(C(=O)OC)S1)C(=S)C(C)(C)N2C(=O)C(C)CC. The number of methoxy groups -OCH3 is 2. The fourth-order valence-electron chi connectivity index (χ4n) is 3.84. The van der Waals surface area contributed by atoms with E-state index in [1.807, 2.05) is 52.8 Å². The molecule has 0 saturated heterocycles. The average Bonchev–Trinajstić information content (AvgIpc) is 3.28.